The highest BCUT2D eigenvalue weighted by Gasteiger charge is 2.47. The number of thioether (sulfide) groups is 1. The fourth-order valence-corrected chi connectivity index (χ4v) is 17.3. The maximum absolute atomic E-state index is 15.8. The number of aromatic hydroxyl groups is 2. The first-order valence-electron chi connectivity index (χ1n) is 44.9. The first-order valence-corrected chi connectivity index (χ1v) is 46.1. The van der Waals surface area contributed by atoms with Gasteiger partial charge < -0.3 is 97.6 Å². The molecule has 34 nitrogen and oxygen atoms in total. The third kappa shape index (κ3) is 29.8. The highest BCUT2D eigenvalue weighted by molar-refractivity contribution is 8.00. The van der Waals surface area contributed by atoms with Gasteiger partial charge >= 0.3 is 11.9 Å². The number of rotatable bonds is 24. The normalized spacial score (nSPS) is 23.6. The first-order chi connectivity index (χ1) is 64.1. The lowest BCUT2D eigenvalue weighted by Gasteiger charge is -2.38. The van der Waals surface area contributed by atoms with Crippen molar-refractivity contribution < 1.29 is 111 Å². The van der Waals surface area contributed by atoms with E-state index in [9.17, 15) is 58.7 Å². The number of aromatic amines is 1. The topological polar surface area (TPSA) is 485 Å². The summed E-state index contributed by atoms with van der Waals surface area (Å²) in [4.78, 5) is 233. The van der Waals surface area contributed by atoms with Gasteiger partial charge in [-0.15, -0.1) is 11.8 Å². The van der Waals surface area contributed by atoms with Crippen molar-refractivity contribution in [3.05, 3.63) is 203 Å². The molecule has 0 saturated carbocycles. The number of likely N-dealkylation sites (N-methyl/N-ethyl adjacent to an activating group) is 4. The molecule has 0 radical (unpaired) electrons. The van der Waals surface area contributed by atoms with Gasteiger partial charge in [0.05, 0.1) is 18.3 Å². The number of phenols is 2. The highest BCUT2D eigenvalue weighted by Crippen LogP contribution is 2.29. The number of H-pyrrole nitrogens is 1. The lowest BCUT2D eigenvalue weighted by Crippen LogP contribution is -2.62. The van der Waals surface area contributed by atoms with Gasteiger partial charge in [-0.2, -0.15) is 0 Å². The Hall–Kier alpha value is -13.4. The van der Waals surface area contributed by atoms with E-state index in [1.807, 2.05) is 0 Å². The summed E-state index contributed by atoms with van der Waals surface area (Å²) >= 11 is 0.955. The lowest BCUT2D eigenvalue weighted by atomic mass is 9.98. The monoisotopic (exact) mass is 1890 g/mol. The van der Waals surface area contributed by atoms with Gasteiger partial charge in [-0.1, -0.05) is 151 Å². The molecular formula is C97H121F3N14O20S. The van der Waals surface area contributed by atoms with E-state index in [-0.39, 0.29) is 80.1 Å². The molecule has 0 bridgehead atoms. The summed E-state index contributed by atoms with van der Waals surface area (Å²) in [6.45, 7) is 9.42. The van der Waals surface area contributed by atoms with Crippen LogP contribution in [0.15, 0.2) is 152 Å². The van der Waals surface area contributed by atoms with Crippen LogP contribution in [0.3, 0.4) is 0 Å². The summed E-state index contributed by atoms with van der Waals surface area (Å²) < 4.78 is 44.9. The molecule has 0 unspecified atom stereocenters. The number of carboxylic acids is 2. The Labute approximate surface area is 784 Å². The number of nitrogens with one attached hydrogen (secondary N) is 9. The molecule has 2 aliphatic heterocycles. The number of aliphatic hydroxyl groups excluding tert-OH is 1. The van der Waals surface area contributed by atoms with Gasteiger partial charge in [-0.05, 0) is 127 Å². The van der Waals surface area contributed by atoms with E-state index in [1.54, 1.807) is 131 Å². The van der Waals surface area contributed by atoms with Crippen molar-refractivity contribution in [1.82, 2.24) is 72.0 Å². The molecule has 7 aromatic rings. The Balaban J connectivity index is 1.14. The maximum atomic E-state index is 15.8. The second-order valence-corrected chi connectivity index (χ2v) is 36.3. The molecule has 726 valence electrons. The summed E-state index contributed by atoms with van der Waals surface area (Å²) in [5.74, 6) is -22.9. The number of para-hydroxylation sites is 1. The number of fused-ring (bicyclic) bond motifs is 2. The Morgan fingerprint density at radius 3 is 1.56 bits per heavy atom. The summed E-state index contributed by atoms with van der Waals surface area (Å²) in [6, 6.07) is 15.4. The van der Waals surface area contributed by atoms with E-state index in [0.29, 0.717) is 57.3 Å². The van der Waals surface area contributed by atoms with E-state index in [2.05, 4.69) is 47.5 Å². The number of unbranched alkanes of at least 4 members (excludes halogenated alkanes) is 1. The predicted molar refractivity (Wildman–Crippen MR) is 494 cm³/mol. The van der Waals surface area contributed by atoms with Crippen LogP contribution in [0.1, 0.15) is 133 Å². The van der Waals surface area contributed by atoms with E-state index in [4.69, 9.17) is 0 Å². The van der Waals surface area contributed by atoms with Crippen molar-refractivity contribution in [3.8, 4) is 11.5 Å². The number of aromatic nitrogens is 1. The number of amides is 13. The van der Waals surface area contributed by atoms with Gasteiger partial charge in [-0.25, -0.2) is 13.2 Å². The number of aryl methyl sites for hydroxylation is 1. The quantitative estimate of drug-likeness (QED) is 0.0342. The second kappa shape index (κ2) is 49.6. The fourth-order valence-electron chi connectivity index (χ4n) is 16.5. The van der Waals surface area contributed by atoms with Crippen LogP contribution < -0.4 is 42.5 Å². The minimum atomic E-state index is -2.05. The van der Waals surface area contributed by atoms with Gasteiger partial charge in [0.1, 0.15) is 84.0 Å². The third-order valence-electron chi connectivity index (χ3n) is 24.0. The SMILES string of the molecule is CCCC[C@H]1C(=O)N2C[C@H](O)C[C@@H]2C(=O)N[C@@H](CC(=O)O)C(=O)N[C@@H](C(C)C)C(=O)N(C)[C@@H](Cc2ccccc2)C(=O)N[C@@H](Cc2ccc(O)cc2)C(=O)N(C)[C@@H](CCC(=O)O)C(=O)N[C@@H](Cc2c[nH]c3ccccc23)C(=O)N[C@@H](CCc2ccc(O)cc2)C(=O)N[C@@H](CC(C)C)C(=O)N[C@H](C)CSCC(=O)N[C@@H](Cc2cc(F)c(F)c(F)c2)C(=O)N(C)[C@@H](Cc2ccccc2)C(=O)N1C. The largest absolute Gasteiger partial charge is 0.508 e. The molecule has 135 heavy (non-hydrogen) atoms. The number of carbonyl (C=O) groups is 15. The highest BCUT2D eigenvalue weighted by atomic mass is 32.2. The van der Waals surface area contributed by atoms with Gasteiger partial charge in [0, 0.05) is 109 Å². The van der Waals surface area contributed by atoms with Crippen LogP contribution in [-0.4, -0.2) is 275 Å². The molecule has 14 N–H and O–H groups in total. The van der Waals surface area contributed by atoms with Crippen LogP contribution in [0.2, 0.25) is 0 Å². The molecule has 2 saturated heterocycles. The molecule has 13 amide bonds. The number of aliphatic carboxylic acids is 2. The van der Waals surface area contributed by atoms with Crippen LogP contribution in [0.25, 0.3) is 10.9 Å². The zero-order chi connectivity index (χ0) is 98.8. The molecule has 38 heteroatoms. The van der Waals surface area contributed by atoms with E-state index < -0.39 is 248 Å². The van der Waals surface area contributed by atoms with E-state index >= 15 is 51.9 Å². The molecule has 1 aromatic heterocycles. The number of aliphatic hydroxyl groups is 1. The number of hydrogen-bond donors (Lipinski definition) is 14. The number of hydrogen-bond acceptors (Lipinski definition) is 19. The maximum Gasteiger partial charge on any atom is 0.305 e. The van der Waals surface area contributed by atoms with Crippen LogP contribution in [-0.2, 0) is 110 Å². The Bertz CT molecular complexity index is 5330. The zero-order valence-corrected chi connectivity index (χ0v) is 77.9. The Morgan fingerprint density at radius 1 is 0.474 bits per heavy atom. The third-order valence-corrected chi connectivity index (χ3v) is 25.2. The van der Waals surface area contributed by atoms with Crippen molar-refractivity contribution in [3.63, 3.8) is 0 Å². The van der Waals surface area contributed by atoms with Crippen LogP contribution >= 0.6 is 11.8 Å². The van der Waals surface area contributed by atoms with Crippen molar-refractivity contribution in [2.24, 2.45) is 11.8 Å². The predicted octanol–water partition coefficient (Wildman–Crippen LogP) is 5.29. The summed E-state index contributed by atoms with van der Waals surface area (Å²) in [5, 5.41) is 75.1. The number of phenolic OH excluding ortho intramolecular Hbond substituents is 2. The van der Waals surface area contributed by atoms with Crippen LogP contribution in [0, 0.1) is 29.3 Å². The zero-order valence-electron chi connectivity index (χ0n) is 77.0. The molecule has 9 rings (SSSR count). The molecule has 0 aliphatic carbocycles. The number of carbonyl (C=O) groups excluding carboxylic acids is 13. The van der Waals surface area contributed by atoms with Gasteiger partial charge in [-0.3, -0.25) is 71.9 Å². The molecule has 14 atom stereocenters. The molecular weight excluding hydrogens is 1770 g/mol. The minimum absolute atomic E-state index is 0.00633. The number of carboxylic acid groups (broad SMARTS) is 2. The average molecular weight is 1890 g/mol. The lowest BCUT2D eigenvalue weighted by molar-refractivity contribution is -0.152. The number of nitrogens with zero attached hydrogens (tertiary/aromatic N) is 5. The second-order valence-electron chi connectivity index (χ2n) is 35.2. The van der Waals surface area contributed by atoms with E-state index in [1.165, 1.54) is 71.4 Å². The summed E-state index contributed by atoms with van der Waals surface area (Å²) in [7, 11) is 4.87. The van der Waals surface area contributed by atoms with Crippen LogP contribution in [0.5, 0.6) is 11.5 Å². The van der Waals surface area contributed by atoms with Crippen molar-refractivity contribution in [1.29, 1.82) is 0 Å². The smallest absolute Gasteiger partial charge is 0.305 e. The summed E-state index contributed by atoms with van der Waals surface area (Å²) in [6.07, 6.45) is -4.45. The standard InChI is InChI=1S/C97H121F3N14O20S/c1-11-12-27-77-96(133)114-51-65(117)48-79(114)92(129)107-73(49-83(121)122)89(126)109-85(55(4)5)97(134)112(9)78(45-58-21-15-13-16-22-58)91(128)108-75(43-60-30-35-64(116)36-31-60)94(131)110(7)76(38-39-82(119)120)90(127)106-72(47-62-50-101-69-26-20-19-25-66(62)69)88(125)104-70(37-32-57-28-33-63(115)34-29-57)86(123)105-71(40-54(2)3)87(124)102-56(6)52-135-53-81(118)103-74(44-61-41-67(98)84(100)68(99)42-61)93(130)113(10)80(95(132)111(77)8)46-59-23-17-14-18-24-59/h13-26,28-31,33-36,41-42,50,54-56,65,70-80,85,101,115-117H,11-12,27,32,37-40,43-49,51-53H2,1-10H3,(H,102,124)(H,103,118)(H,104,125)(H,105,123)(H,106,127)(H,107,129)(H,108,128)(H,109,126)(H,119,120)(H,121,122)/t56-,65-,70+,71+,72+,73+,74+,75+,76+,77+,78+,79-,80+,85+/m1/s1. The van der Waals surface area contributed by atoms with Crippen molar-refractivity contribution in [2.45, 2.75) is 223 Å². The molecule has 0 spiro atoms. The number of halogens is 3. The van der Waals surface area contributed by atoms with Gasteiger partial charge in [0.25, 0.3) is 0 Å². The minimum Gasteiger partial charge on any atom is -0.508 e. The van der Waals surface area contributed by atoms with Crippen molar-refractivity contribution >= 4 is 111 Å². The number of benzene rings is 6. The van der Waals surface area contributed by atoms with Gasteiger partial charge in [0.15, 0.2) is 17.5 Å². The molecule has 6 aromatic carbocycles. The Morgan fingerprint density at radius 2 is 0.970 bits per heavy atom. The van der Waals surface area contributed by atoms with E-state index in [0.717, 1.165) is 43.3 Å². The molecule has 2 fully saturated rings. The first kappa shape index (κ1) is 105. The van der Waals surface area contributed by atoms with Crippen molar-refractivity contribution in [2.75, 3.05) is 46.2 Å². The fraction of sp³-hybridized carbons (Fsp3) is 0.454. The molecule has 2 aliphatic rings. The van der Waals surface area contributed by atoms with Gasteiger partial charge in [0.2, 0.25) is 76.8 Å². The summed E-state index contributed by atoms with van der Waals surface area (Å²) in [5.41, 5.74) is 2.57. The molecule has 3 heterocycles. The Kier molecular flexibility index (Phi) is 38.7. The van der Waals surface area contributed by atoms with Crippen LogP contribution in [0.4, 0.5) is 13.2 Å². The average Bonchev–Trinajstić information content (AvgIpc) is 1.73.